The second kappa shape index (κ2) is 8.47. The molecule has 1 heterocycles. The van der Waals surface area contributed by atoms with E-state index in [2.05, 4.69) is 0 Å². The number of nitrogens with zero attached hydrogens (tertiary/aromatic N) is 2. The van der Waals surface area contributed by atoms with Crippen molar-refractivity contribution in [2.75, 3.05) is 33.3 Å². The van der Waals surface area contributed by atoms with Crippen LogP contribution in [0.15, 0.2) is 23.1 Å². The van der Waals surface area contributed by atoms with Crippen molar-refractivity contribution in [3.63, 3.8) is 0 Å². The zero-order valence-electron chi connectivity index (χ0n) is 14.9. The molecule has 9 nitrogen and oxygen atoms in total. The number of rotatable bonds is 6. The number of piperazine rings is 1. The topological polar surface area (TPSA) is 122 Å². The monoisotopic (exact) mass is 384 g/mol. The van der Waals surface area contributed by atoms with Crippen LogP contribution in [-0.4, -0.2) is 62.7 Å². The van der Waals surface area contributed by atoms with Gasteiger partial charge in [-0.05, 0) is 24.6 Å². The summed E-state index contributed by atoms with van der Waals surface area (Å²) >= 11 is 0. The zero-order valence-corrected chi connectivity index (χ0v) is 15.7. The van der Waals surface area contributed by atoms with E-state index in [-0.39, 0.29) is 49.8 Å². The second-order valence-corrected chi connectivity index (χ2v) is 7.91. The normalized spacial score (nSPS) is 15.6. The molecule has 2 amide bonds. The SMILES string of the molecule is COc1ccc(C)cc1S(=O)(=O)N1CCN(C(=O)CCC(=O)NN)CC1. The number of amides is 2. The van der Waals surface area contributed by atoms with Gasteiger partial charge in [0.05, 0.1) is 7.11 Å². The first-order valence-corrected chi connectivity index (χ1v) is 9.65. The molecule has 0 atom stereocenters. The van der Waals surface area contributed by atoms with Gasteiger partial charge in [-0.15, -0.1) is 0 Å². The second-order valence-electron chi connectivity index (χ2n) is 6.01. The van der Waals surface area contributed by atoms with E-state index in [9.17, 15) is 18.0 Å². The van der Waals surface area contributed by atoms with E-state index < -0.39 is 15.9 Å². The Bertz CT molecular complexity index is 773. The van der Waals surface area contributed by atoms with Gasteiger partial charge in [0, 0.05) is 39.0 Å². The Hall–Kier alpha value is -2.17. The predicted octanol–water partition coefficient (Wildman–Crippen LogP) is -0.393. The molecule has 0 aromatic heterocycles. The largest absolute Gasteiger partial charge is 0.495 e. The average Bonchev–Trinajstić information content (AvgIpc) is 2.65. The number of nitrogens with two attached hydrogens (primary N) is 1. The van der Waals surface area contributed by atoms with Crippen molar-refractivity contribution in [3.8, 4) is 5.75 Å². The fraction of sp³-hybridized carbons (Fsp3) is 0.500. The number of aryl methyl sites for hydroxylation is 1. The molecule has 1 aliphatic heterocycles. The number of carbonyl (C=O) groups excluding carboxylic acids is 2. The van der Waals surface area contributed by atoms with Gasteiger partial charge in [-0.3, -0.25) is 15.0 Å². The van der Waals surface area contributed by atoms with Crippen molar-refractivity contribution in [1.82, 2.24) is 14.6 Å². The van der Waals surface area contributed by atoms with Gasteiger partial charge in [0.1, 0.15) is 10.6 Å². The van der Waals surface area contributed by atoms with Crippen LogP contribution in [0, 0.1) is 6.92 Å². The van der Waals surface area contributed by atoms with Gasteiger partial charge in [-0.2, -0.15) is 4.31 Å². The fourth-order valence-electron chi connectivity index (χ4n) is 2.75. The summed E-state index contributed by atoms with van der Waals surface area (Å²) in [5.74, 6) is 4.67. The molecule has 26 heavy (non-hydrogen) atoms. The molecule has 1 aromatic carbocycles. The van der Waals surface area contributed by atoms with Crippen molar-refractivity contribution in [2.45, 2.75) is 24.7 Å². The number of hydrazine groups is 1. The Labute approximate surface area is 153 Å². The molecule has 0 radical (unpaired) electrons. The number of benzene rings is 1. The van der Waals surface area contributed by atoms with Crippen molar-refractivity contribution >= 4 is 21.8 Å². The standard InChI is InChI=1S/C16H24N4O5S/c1-12-3-4-13(25-2)14(11-12)26(23,24)20-9-7-19(8-10-20)16(22)6-5-15(21)18-17/h3-4,11H,5-10,17H2,1-2H3,(H,18,21). The number of carbonyl (C=O) groups is 2. The first-order valence-electron chi connectivity index (χ1n) is 8.21. The van der Waals surface area contributed by atoms with Crippen LogP contribution in [0.4, 0.5) is 0 Å². The van der Waals surface area contributed by atoms with E-state index >= 15 is 0 Å². The lowest BCUT2D eigenvalue weighted by molar-refractivity contribution is -0.134. The number of ether oxygens (including phenoxy) is 1. The van der Waals surface area contributed by atoms with E-state index in [1.165, 1.54) is 11.4 Å². The molecule has 2 rings (SSSR count). The van der Waals surface area contributed by atoms with Gasteiger partial charge >= 0.3 is 0 Å². The zero-order chi connectivity index (χ0) is 19.3. The van der Waals surface area contributed by atoms with Gasteiger partial charge in [-0.1, -0.05) is 6.07 Å². The first-order chi connectivity index (χ1) is 12.3. The third kappa shape index (κ3) is 4.51. The summed E-state index contributed by atoms with van der Waals surface area (Å²) in [5, 5.41) is 0. The van der Waals surface area contributed by atoms with E-state index in [0.717, 1.165) is 5.56 Å². The van der Waals surface area contributed by atoms with Crippen LogP contribution in [0.1, 0.15) is 18.4 Å². The van der Waals surface area contributed by atoms with Crippen molar-refractivity contribution in [1.29, 1.82) is 0 Å². The predicted molar refractivity (Wildman–Crippen MR) is 94.6 cm³/mol. The van der Waals surface area contributed by atoms with Crippen molar-refractivity contribution in [2.24, 2.45) is 5.84 Å². The highest BCUT2D eigenvalue weighted by Gasteiger charge is 2.32. The highest BCUT2D eigenvalue weighted by Crippen LogP contribution is 2.28. The van der Waals surface area contributed by atoms with Gasteiger partial charge in [0.25, 0.3) is 0 Å². The minimum Gasteiger partial charge on any atom is -0.495 e. The minimum absolute atomic E-state index is 0.00827. The fourth-order valence-corrected chi connectivity index (χ4v) is 4.42. The van der Waals surface area contributed by atoms with Gasteiger partial charge in [0.2, 0.25) is 21.8 Å². The van der Waals surface area contributed by atoms with E-state index in [1.54, 1.807) is 23.1 Å². The molecule has 0 saturated carbocycles. The number of sulfonamides is 1. The average molecular weight is 384 g/mol. The van der Waals surface area contributed by atoms with Crippen LogP contribution in [-0.2, 0) is 19.6 Å². The lowest BCUT2D eigenvalue weighted by Gasteiger charge is -2.34. The van der Waals surface area contributed by atoms with Gasteiger partial charge in [-0.25, -0.2) is 14.3 Å². The highest BCUT2D eigenvalue weighted by atomic mass is 32.2. The smallest absolute Gasteiger partial charge is 0.246 e. The number of hydrogen-bond donors (Lipinski definition) is 2. The van der Waals surface area contributed by atoms with Crippen LogP contribution in [0.3, 0.4) is 0 Å². The van der Waals surface area contributed by atoms with Crippen LogP contribution in [0.2, 0.25) is 0 Å². The van der Waals surface area contributed by atoms with Crippen molar-refractivity contribution < 1.29 is 22.7 Å². The molecule has 1 aromatic rings. The Kier molecular flexibility index (Phi) is 6.57. The lowest BCUT2D eigenvalue weighted by atomic mass is 10.2. The summed E-state index contributed by atoms with van der Waals surface area (Å²) in [4.78, 5) is 24.9. The minimum atomic E-state index is -3.72. The Morgan fingerprint density at radius 2 is 1.85 bits per heavy atom. The molecule has 0 aliphatic carbocycles. The van der Waals surface area contributed by atoms with Crippen LogP contribution >= 0.6 is 0 Å². The molecule has 1 fully saturated rings. The number of methoxy groups -OCH3 is 1. The summed E-state index contributed by atoms with van der Waals surface area (Å²) in [6, 6.07) is 4.99. The molecular formula is C16H24N4O5S. The number of nitrogens with one attached hydrogen (secondary N) is 1. The molecule has 0 unspecified atom stereocenters. The Morgan fingerprint density at radius 1 is 1.19 bits per heavy atom. The van der Waals surface area contributed by atoms with Gasteiger partial charge in [0.15, 0.2) is 0 Å². The molecule has 1 saturated heterocycles. The van der Waals surface area contributed by atoms with Crippen LogP contribution in [0.5, 0.6) is 5.75 Å². The maximum absolute atomic E-state index is 12.9. The molecule has 0 spiro atoms. The molecule has 0 bridgehead atoms. The summed E-state index contributed by atoms with van der Waals surface area (Å²) in [6.07, 6.45) is 0.0514. The third-order valence-corrected chi connectivity index (χ3v) is 6.18. The summed E-state index contributed by atoms with van der Waals surface area (Å²) < 4.78 is 32.4. The Balaban J connectivity index is 2.04. The van der Waals surface area contributed by atoms with Crippen LogP contribution in [0.25, 0.3) is 0 Å². The Morgan fingerprint density at radius 3 is 2.42 bits per heavy atom. The summed E-state index contributed by atoms with van der Waals surface area (Å²) in [7, 11) is -2.29. The quantitative estimate of drug-likeness (QED) is 0.391. The van der Waals surface area contributed by atoms with Gasteiger partial charge < -0.3 is 9.64 Å². The summed E-state index contributed by atoms with van der Waals surface area (Å²) in [6.45, 7) is 2.74. The maximum Gasteiger partial charge on any atom is 0.246 e. The molecule has 3 N–H and O–H groups in total. The number of hydrogen-bond acceptors (Lipinski definition) is 6. The van der Waals surface area contributed by atoms with Crippen LogP contribution < -0.4 is 16.0 Å². The van der Waals surface area contributed by atoms with E-state index in [0.29, 0.717) is 5.75 Å². The lowest BCUT2D eigenvalue weighted by Crippen LogP contribution is -2.50. The van der Waals surface area contributed by atoms with Crippen molar-refractivity contribution in [3.05, 3.63) is 23.8 Å². The molecule has 10 heteroatoms. The van der Waals surface area contributed by atoms with E-state index in [4.69, 9.17) is 10.6 Å². The van der Waals surface area contributed by atoms with E-state index in [1.807, 2.05) is 12.3 Å². The molecular weight excluding hydrogens is 360 g/mol. The summed E-state index contributed by atoms with van der Waals surface area (Å²) in [5.41, 5.74) is 2.79. The third-order valence-electron chi connectivity index (χ3n) is 4.26. The molecule has 1 aliphatic rings. The first kappa shape index (κ1) is 20.1. The molecule has 144 valence electrons. The highest BCUT2D eigenvalue weighted by molar-refractivity contribution is 7.89. The maximum atomic E-state index is 12.9.